The first-order chi connectivity index (χ1) is 12.1. The maximum absolute atomic E-state index is 12.2. The Balaban J connectivity index is 0.00000676. The van der Waals surface area contributed by atoms with Gasteiger partial charge in [-0.3, -0.25) is 4.99 Å². The predicted molar refractivity (Wildman–Crippen MR) is 129 cm³/mol. The number of rotatable bonds is 9. The number of hydrogen-bond donors (Lipinski definition) is 3. The van der Waals surface area contributed by atoms with Gasteiger partial charge in [0.25, 0.3) is 0 Å². The molecule has 1 rings (SSSR count). The molecule has 9 heteroatoms. The van der Waals surface area contributed by atoms with Crippen molar-refractivity contribution in [2.45, 2.75) is 50.8 Å². The van der Waals surface area contributed by atoms with Crippen molar-refractivity contribution in [3.8, 4) is 0 Å². The van der Waals surface area contributed by atoms with E-state index in [9.17, 15) is 8.42 Å². The van der Waals surface area contributed by atoms with Crippen LogP contribution in [0.2, 0.25) is 0 Å². The molecule has 0 saturated carbocycles. The highest BCUT2D eigenvalue weighted by molar-refractivity contribution is 14.0. The van der Waals surface area contributed by atoms with E-state index in [0.717, 1.165) is 17.7 Å². The Hall–Kier alpha value is -0.520. The number of guanidine groups is 1. The molecular formula is C18H33IN4O2S2. The highest BCUT2D eigenvalue weighted by Crippen LogP contribution is 2.19. The molecule has 156 valence electrons. The average Bonchev–Trinajstić information content (AvgIpc) is 2.54. The number of nitrogens with one attached hydrogen (secondary N) is 3. The molecule has 0 aliphatic rings. The van der Waals surface area contributed by atoms with Gasteiger partial charge in [0.15, 0.2) is 5.96 Å². The Bertz CT molecular complexity index is 707. The van der Waals surface area contributed by atoms with Crippen molar-refractivity contribution in [3.63, 3.8) is 0 Å². The molecule has 1 aromatic rings. The second-order valence-corrected chi connectivity index (χ2v) is 10.3. The lowest BCUT2D eigenvalue weighted by Crippen LogP contribution is -2.43. The van der Waals surface area contributed by atoms with Crippen LogP contribution in [0.4, 0.5) is 0 Å². The summed E-state index contributed by atoms with van der Waals surface area (Å²) in [5.74, 6) is 0.666. The van der Waals surface area contributed by atoms with E-state index in [1.54, 1.807) is 18.8 Å². The number of aliphatic imine (C=N–C) groups is 1. The van der Waals surface area contributed by atoms with Gasteiger partial charge in [0.05, 0.1) is 5.75 Å². The monoisotopic (exact) mass is 528 g/mol. The van der Waals surface area contributed by atoms with Crippen LogP contribution >= 0.6 is 35.7 Å². The lowest BCUT2D eigenvalue weighted by Gasteiger charge is -2.24. The van der Waals surface area contributed by atoms with E-state index >= 15 is 0 Å². The van der Waals surface area contributed by atoms with Gasteiger partial charge in [-0.15, -0.1) is 24.0 Å². The maximum atomic E-state index is 12.2. The number of nitrogens with zero attached hydrogens (tertiary/aromatic N) is 1. The van der Waals surface area contributed by atoms with E-state index in [1.165, 1.54) is 0 Å². The van der Waals surface area contributed by atoms with E-state index in [4.69, 9.17) is 0 Å². The topological polar surface area (TPSA) is 82.6 Å². The minimum atomic E-state index is -3.36. The van der Waals surface area contributed by atoms with E-state index < -0.39 is 10.0 Å². The second kappa shape index (κ2) is 12.1. The number of halogens is 1. The Morgan fingerprint density at radius 3 is 2.30 bits per heavy atom. The van der Waals surface area contributed by atoms with Crippen molar-refractivity contribution in [1.29, 1.82) is 0 Å². The number of hydrogen-bond acceptors (Lipinski definition) is 4. The van der Waals surface area contributed by atoms with E-state index in [1.807, 2.05) is 38.1 Å². The Morgan fingerprint density at radius 1 is 1.19 bits per heavy atom. The zero-order valence-electron chi connectivity index (χ0n) is 17.0. The van der Waals surface area contributed by atoms with E-state index in [-0.39, 0.29) is 40.5 Å². The summed E-state index contributed by atoms with van der Waals surface area (Å²) < 4.78 is 27.2. The molecule has 0 aliphatic carbocycles. The summed E-state index contributed by atoms with van der Waals surface area (Å²) in [6, 6.07) is 7.44. The first kappa shape index (κ1) is 26.5. The molecule has 0 saturated heterocycles. The summed E-state index contributed by atoms with van der Waals surface area (Å²) in [5, 5.41) is 6.58. The van der Waals surface area contributed by atoms with Crippen molar-refractivity contribution in [2.75, 3.05) is 19.8 Å². The third-order valence-corrected chi connectivity index (χ3v) is 6.55. The molecule has 0 amide bonds. The third-order valence-electron chi connectivity index (χ3n) is 3.78. The largest absolute Gasteiger partial charge is 0.355 e. The highest BCUT2D eigenvalue weighted by Gasteiger charge is 2.17. The van der Waals surface area contributed by atoms with Gasteiger partial charge in [0, 0.05) is 30.9 Å². The fourth-order valence-corrected chi connectivity index (χ4v) is 3.95. The van der Waals surface area contributed by atoms with Crippen LogP contribution in [-0.2, 0) is 22.3 Å². The Kier molecular flexibility index (Phi) is 11.9. The van der Waals surface area contributed by atoms with Gasteiger partial charge in [-0.1, -0.05) is 24.3 Å². The van der Waals surface area contributed by atoms with E-state index in [0.29, 0.717) is 12.5 Å². The van der Waals surface area contributed by atoms with Gasteiger partial charge >= 0.3 is 0 Å². The minimum absolute atomic E-state index is 0. The van der Waals surface area contributed by atoms with Crippen molar-refractivity contribution < 1.29 is 8.42 Å². The summed E-state index contributed by atoms with van der Waals surface area (Å²) in [6.45, 7) is 9.25. The van der Waals surface area contributed by atoms with E-state index in [2.05, 4.69) is 40.5 Å². The molecule has 27 heavy (non-hydrogen) atoms. The molecular weight excluding hydrogens is 495 g/mol. The smallest absolute Gasteiger partial charge is 0.216 e. The molecule has 0 aromatic heterocycles. The van der Waals surface area contributed by atoms with Gasteiger partial charge < -0.3 is 10.6 Å². The van der Waals surface area contributed by atoms with Crippen LogP contribution in [0.15, 0.2) is 29.3 Å². The molecule has 3 N–H and O–H groups in total. The third kappa shape index (κ3) is 10.6. The molecule has 0 bridgehead atoms. The normalized spacial score (nSPS) is 12.6. The lowest BCUT2D eigenvalue weighted by atomic mass is 10.1. The predicted octanol–water partition coefficient (Wildman–Crippen LogP) is 2.94. The number of sulfonamides is 1. The molecule has 6 nitrogen and oxygen atoms in total. The van der Waals surface area contributed by atoms with Crippen LogP contribution in [0.3, 0.4) is 0 Å². The number of benzene rings is 1. The van der Waals surface area contributed by atoms with Crippen LogP contribution < -0.4 is 15.4 Å². The van der Waals surface area contributed by atoms with Crippen molar-refractivity contribution in [1.82, 2.24) is 15.4 Å². The standard InChI is InChI=1S/C18H32N4O2S2.HI/c1-14(2)22-26(23,24)12-16-10-8-7-9-15(16)11-20-17(19-5)21-13-18(3,4)25-6;/h7-10,14,22H,11-13H2,1-6H3,(H2,19,20,21);1H. The van der Waals surface area contributed by atoms with Crippen molar-refractivity contribution >= 4 is 51.7 Å². The molecule has 0 fully saturated rings. The molecule has 0 aliphatic heterocycles. The SMILES string of the molecule is CN=C(NCc1ccccc1CS(=O)(=O)NC(C)C)NCC(C)(C)SC.I. The Labute approximate surface area is 185 Å². The van der Waals surface area contributed by atoms with Gasteiger partial charge in [-0.05, 0) is 45.1 Å². The minimum Gasteiger partial charge on any atom is -0.355 e. The fourth-order valence-electron chi connectivity index (χ4n) is 2.24. The molecule has 0 heterocycles. The van der Waals surface area contributed by atoms with Crippen LogP contribution in [0, 0.1) is 0 Å². The van der Waals surface area contributed by atoms with Gasteiger partial charge in [-0.2, -0.15) is 11.8 Å². The van der Waals surface area contributed by atoms with Gasteiger partial charge in [-0.25, -0.2) is 13.1 Å². The molecule has 0 spiro atoms. The van der Waals surface area contributed by atoms with Gasteiger partial charge in [0.1, 0.15) is 0 Å². The molecule has 0 atom stereocenters. The molecule has 0 radical (unpaired) electrons. The molecule has 1 aromatic carbocycles. The van der Waals surface area contributed by atoms with Crippen molar-refractivity contribution in [3.05, 3.63) is 35.4 Å². The quantitative estimate of drug-likeness (QED) is 0.261. The maximum Gasteiger partial charge on any atom is 0.216 e. The number of thioether (sulfide) groups is 1. The zero-order chi connectivity index (χ0) is 19.8. The summed E-state index contributed by atoms with van der Waals surface area (Å²) in [5.41, 5.74) is 1.72. The lowest BCUT2D eigenvalue weighted by molar-refractivity contribution is 0.568. The summed E-state index contributed by atoms with van der Waals surface area (Å²) in [6.07, 6.45) is 2.08. The van der Waals surface area contributed by atoms with Crippen LogP contribution in [-0.4, -0.2) is 45.0 Å². The van der Waals surface area contributed by atoms with Crippen LogP contribution in [0.1, 0.15) is 38.8 Å². The zero-order valence-corrected chi connectivity index (χ0v) is 21.0. The first-order valence-electron chi connectivity index (χ1n) is 8.65. The summed E-state index contributed by atoms with van der Waals surface area (Å²) >= 11 is 1.79. The average molecular weight is 529 g/mol. The summed E-state index contributed by atoms with van der Waals surface area (Å²) in [7, 11) is -1.63. The van der Waals surface area contributed by atoms with Crippen LogP contribution in [0.5, 0.6) is 0 Å². The van der Waals surface area contributed by atoms with Crippen LogP contribution in [0.25, 0.3) is 0 Å². The second-order valence-electron chi connectivity index (χ2n) is 7.04. The van der Waals surface area contributed by atoms with Gasteiger partial charge in [0.2, 0.25) is 10.0 Å². The first-order valence-corrected chi connectivity index (χ1v) is 11.5. The fraction of sp³-hybridized carbons (Fsp3) is 0.611. The summed E-state index contributed by atoms with van der Waals surface area (Å²) in [4.78, 5) is 4.24. The van der Waals surface area contributed by atoms with Crippen molar-refractivity contribution in [2.24, 2.45) is 4.99 Å². The Morgan fingerprint density at radius 2 is 1.78 bits per heavy atom. The molecule has 0 unspecified atom stereocenters. The highest BCUT2D eigenvalue weighted by atomic mass is 127.